The van der Waals surface area contributed by atoms with E-state index in [1.807, 2.05) is 66.7 Å². The molecule has 16 heteroatoms. The van der Waals surface area contributed by atoms with Crippen LogP contribution in [0.3, 0.4) is 0 Å². The largest absolute Gasteiger partial charge is 0.496 e. The first-order valence-electron chi connectivity index (χ1n) is 18.2. The van der Waals surface area contributed by atoms with Gasteiger partial charge in [-0.25, -0.2) is 9.78 Å². The van der Waals surface area contributed by atoms with Crippen LogP contribution in [0.25, 0.3) is 10.4 Å². The van der Waals surface area contributed by atoms with Crippen LogP contribution < -0.4 is 14.8 Å². The number of methoxy groups -OCH3 is 1. The Morgan fingerprint density at radius 3 is 2.44 bits per heavy atom. The molecule has 0 bridgehead atoms. The number of thiazole rings is 1. The highest BCUT2D eigenvalue weighted by atomic mass is 32.1. The fourth-order valence-corrected chi connectivity index (χ4v) is 6.85. The summed E-state index contributed by atoms with van der Waals surface area (Å²) in [6.07, 6.45) is -1.16. The molecule has 0 aliphatic carbocycles. The summed E-state index contributed by atoms with van der Waals surface area (Å²) >= 11 is 1.55. The van der Waals surface area contributed by atoms with Gasteiger partial charge in [-0.3, -0.25) is 9.59 Å². The van der Waals surface area contributed by atoms with E-state index < -0.39 is 35.8 Å². The Morgan fingerprint density at radius 1 is 1.09 bits per heavy atom. The maximum absolute atomic E-state index is 14.0. The Hall–Kier alpha value is -4.25. The molecule has 3 heterocycles. The second-order valence-electron chi connectivity index (χ2n) is 14.6. The Bertz CT molecular complexity index is 1690. The summed E-state index contributed by atoms with van der Waals surface area (Å²) in [5.41, 5.74) is 3.92. The van der Waals surface area contributed by atoms with Gasteiger partial charge in [0.1, 0.15) is 29.9 Å². The lowest BCUT2D eigenvalue weighted by Gasteiger charge is -2.29. The van der Waals surface area contributed by atoms with E-state index in [0.29, 0.717) is 37.9 Å². The van der Waals surface area contributed by atoms with Crippen LogP contribution in [0, 0.1) is 12.8 Å². The highest BCUT2D eigenvalue weighted by molar-refractivity contribution is 7.13. The highest BCUT2D eigenvalue weighted by Crippen LogP contribution is 2.35. The Morgan fingerprint density at radius 2 is 1.80 bits per heavy atom. The summed E-state index contributed by atoms with van der Waals surface area (Å²) < 4.78 is 33.4. The molecule has 0 radical (unpaired) electrons. The zero-order valence-electron chi connectivity index (χ0n) is 32.7. The van der Waals surface area contributed by atoms with E-state index in [1.165, 1.54) is 9.80 Å². The molecule has 3 aromatic rings. The average Bonchev–Trinajstić information content (AvgIpc) is 3.86. The van der Waals surface area contributed by atoms with Crippen molar-refractivity contribution in [2.45, 2.75) is 84.6 Å². The van der Waals surface area contributed by atoms with Crippen LogP contribution in [0.2, 0.25) is 0 Å². The third-order valence-electron chi connectivity index (χ3n) is 8.80. The van der Waals surface area contributed by atoms with E-state index in [9.17, 15) is 19.5 Å². The fourth-order valence-electron chi connectivity index (χ4n) is 6.04. The van der Waals surface area contributed by atoms with Gasteiger partial charge in [-0.05, 0) is 57.3 Å². The fraction of sp³-hybridized carbons (Fsp3) is 0.605. The molecule has 2 aromatic heterocycles. The van der Waals surface area contributed by atoms with E-state index in [-0.39, 0.29) is 49.8 Å². The number of amides is 3. The van der Waals surface area contributed by atoms with Gasteiger partial charge in [-0.2, -0.15) is 0 Å². The number of nitrogens with one attached hydrogen (secondary N) is 1. The maximum atomic E-state index is 14.0. The molecule has 1 fully saturated rings. The number of likely N-dealkylation sites (N-methyl/N-ethyl adjacent to an activating group) is 1. The molecule has 0 spiro atoms. The lowest BCUT2D eigenvalue weighted by molar-refractivity contribution is -0.141. The lowest BCUT2D eigenvalue weighted by atomic mass is 9.91. The van der Waals surface area contributed by atoms with Gasteiger partial charge in [0, 0.05) is 38.2 Å². The summed E-state index contributed by atoms with van der Waals surface area (Å²) in [6, 6.07) is 6.07. The zero-order chi connectivity index (χ0) is 39.6. The normalized spacial score (nSPS) is 17.0. The molecule has 54 heavy (non-hydrogen) atoms. The number of carbonyl (C=O) groups is 3. The first-order valence-corrected chi connectivity index (χ1v) is 19.0. The summed E-state index contributed by atoms with van der Waals surface area (Å²) in [7, 11) is 3.24. The summed E-state index contributed by atoms with van der Waals surface area (Å²) in [4.78, 5) is 48.0. The topological polar surface area (TPSA) is 175 Å². The van der Waals surface area contributed by atoms with Crippen molar-refractivity contribution in [3.8, 4) is 22.1 Å². The van der Waals surface area contributed by atoms with Crippen molar-refractivity contribution < 1.29 is 47.7 Å². The van der Waals surface area contributed by atoms with Crippen LogP contribution in [-0.4, -0.2) is 121 Å². The number of aryl methyl sites for hydroxylation is 1. The number of benzene rings is 1. The van der Waals surface area contributed by atoms with Gasteiger partial charge in [0.25, 0.3) is 5.88 Å². The van der Waals surface area contributed by atoms with E-state index in [0.717, 1.165) is 21.7 Å². The zero-order valence-corrected chi connectivity index (χ0v) is 33.6. The van der Waals surface area contributed by atoms with Gasteiger partial charge in [-0.1, -0.05) is 26.0 Å². The van der Waals surface area contributed by atoms with E-state index in [2.05, 4.69) is 15.5 Å². The number of likely N-dealkylation sites (tertiary alicyclic amines) is 1. The molecular formula is C38H55N5O10S. The quantitative estimate of drug-likeness (QED) is 0.166. The van der Waals surface area contributed by atoms with Gasteiger partial charge >= 0.3 is 6.09 Å². The third-order valence-corrected chi connectivity index (χ3v) is 9.78. The Kier molecular flexibility index (Phi) is 15.2. The summed E-state index contributed by atoms with van der Waals surface area (Å²) in [6.45, 7) is 14.9. The van der Waals surface area contributed by atoms with Crippen molar-refractivity contribution in [1.82, 2.24) is 25.3 Å². The van der Waals surface area contributed by atoms with Crippen LogP contribution in [0.5, 0.6) is 11.6 Å². The number of hydrogen-bond acceptors (Lipinski definition) is 13. The minimum absolute atomic E-state index is 0.0136. The molecule has 4 rings (SSSR count). The van der Waals surface area contributed by atoms with Crippen LogP contribution in [0.4, 0.5) is 4.79 Å². The molecule has 298 valence electrons. The lowest BCUT2D eigenvalue weighted by Crippen LogP contribution is -2.48. The van der Waals surface area contributed by atoms with Crippen molar-refractivity contribution in [1.29, 1.82) is 0 Å². The van der Waals surface area contributed by atoms with Crippen molar-refractivity contribution in [3.63, 3.8) is 0 Å². The SMILES string of the molecule is COc1cc(-c2scnc2C)ccc1[C@H](C)NC(=O)[C@@H]1C[C@@H](O)CN1C(=O)C(c1cc(OCCOCCOCCN(C)C(=O)OC(C)(C)C)no1)C(C)C. The van der Waals surface area contributed by atoms with Crippen LogP contribution in [0.15, 0.2) is 34.3 Å². The number of aromatic nitrogens is 2. The smallest absolute Gasteiger partial charge is 0.410 e. The molecule has 1 aliphatic rings. The highest BCUT2D eigenvalue weighted by Gasteiger charge is 2.43. The van der Waals surface area contributed by atoms with Crippen LogP contribution >= 0.6 is 11.3 Å². The monoisotopic (exact) mass is 773 g/mol. The predicted molar refractivity (Wildman–Crippen MR) is 202 cm³/mol. The molecule has 1 aliphatic heterocycles. The number of rotatable bonds is 18. The molecule has 3 amide bonds. The summed E-state index contributed by atoms with van der Waals surface area (Å²) in [5, 5.41) is 17.6. The minimum Gasteiger partial charge on any atom is -0.496 e. The van der Waals surface area contributed by atoms with Gasteiger partial charge in [0.15, 0.2) is 5.76 Å². The maximum Gasteiger partial charge on any atom is 0.410 e. The number of ether oxygens (including phenoxy) is 5. The first-order chi connectivity index (χ1) is 25.6. The van der Waals surface area contributed by atoms with Crippen molar-refractivity contribution in [3.05, 3.63) is 46.8 Å². The van der Waals surface area contributed by atoms with Crippen LogP contribution in [-0.2, 0) is 23.8 Å². The van der Waals surface area contributed by atoms with Gasteiger partial charge in [0.05, 0.1) is 61.8 Å². The molecule has 4 atom stereocenters. The van der Waals surface area contributed by atoms with Gasteiger partial charge in [0.2, 0.25) is 11.8 Å². The van der Waals surface area contributed by atoms with Crippen molar-refractivity contribution >= 4 is 29.2 Å². The number of hydrogen-bond donors (Lipinski definition) is 2. The van der Waals surface area contributed by atoms with E-state index >= 15 is 0 Å². The van der Waals surface area contributed by atoms with Crippen molar-refractivity contribution in [2.75, 3.05) is 60.3 Å². The predicted octanol–water partition coefficient (Wildman–Crippen LogP) is 4.97. The minimum atomic E-state index is -0.882. The number of aliphatic hydroxyl groups excluding tert-OH is 1. The van der Waals surface area contributed by atoms with Gasteiger partial charge in [-0.15, -0.1) is 11.3 Å². The van der Waals surface area contributed by atoms with Gasteiger partial charge < -0.3 is 48.4 Å². The van der Waals surface area contributed by atoms with Crippen molar-refractivity contribution in [2.24, 2.45) is 5.92 Å². The molecule has 0 saturated carbocycles. The third kappa shape index (κ3) is 11.6. The second kappa shape index (κ2) is 19.4. The molecule has 15 nitrogen and oxygen atoms in total. The molecule has 1 aromatic carbocycles. The summed E-state index contributed by atoms with van der Waals surface area (Å²) in [5.74, 6) is -0.587. The Labute approximate surface area is 321 Å². The molecule has 2 N–H and O–H groups in total. The number of carbonyl (C=O) groups excluding carboxylic acids is 3. The van der Waals surface area contributed by atoms with E-state index in [4.69, 9.17) is 28.2 Å². The standard InChI is InChI=1S/C38H55N5O10S/c1-23(2)33(31-20-32(41-53-31)51-17-16-50-15-14-49-13-12-42(8)37(47)52-38(5,6)7)36(46)43-21-27(44)19-29(43)35(45)40-24(3)28-11-10-26(18-30(28)48-9)34-25(4)39-22-54-34/h10-11,18,20,22-24,27,29,33,44H,12-17,19,21H2,1-9H3,(H,40,45)/t24-,27+,29-,33?/m0/s1. The molecular weight excluding hydrogens is 719 g/mol. The Balaban J connectivity index is 1.26. The number of β-amino-alcohol motifs (C(OH)–C–C–N with tert-alkyl or cyclic N) is 1. The second-order valence-corrected chi connectivity index (χ2v) is 15.5. The number of nitrogens with zero attached hydrogens (tertiary/aromatic N) is 4. The number of aliphatic hydroxyl groups is 1. The van der Waals surface area contributed by atoms with E-state index in [1.54, 1.807) is 37.1 Å². The average molecular weight is 774 g/mol. The molecule has 1 unspecified atom stereocenters. The molecule has 1 saturated heterocycles. The first kappa shape index (κ1) is 42.5. The van der Waals surface area contributed by atoms with Crippen LogP contribution in [0.1, 0.15) is 76.9 Å².